The van der Waals surface area contributed by atoms with Crippen LogP contribution < -0.4 is 14.4 Å². The van der Waals surface area contributed by atoms with Crippen LogP contribution in [0.25, 0.3) is 0 Å². The molecule has 7 nitrogen and oxygen atoms in total. The Balaban J connectivity index is 1.65. The van der Waals surface area contributed by atoms with Gasteiger partial charge in [0.2, 0.25) is 5.91 Å². The summed E-state index contributed by atoms with van der Waals surface area (Å²) >= 11 is 0. The number of carbonyl (C=O) groups excluding carboxylic acids is 3. The minimum atomic E-state index is -0.623. The first kappa shape index (κ1) is 21.4. The number of Topliss-reactive ketones (excluding diaryl/α,β-unsaturated/α-hetero) is 1. The van der Waals surface area contributed by atoms with E-state index in [0.29, 0.717) is 30.3 Å². The zero-order valence-corrected chi connectivity index (χ0v) is 17.4. The summed E-state index contributed by atoms with van der Waals surface area (Å²) in [6.07, 6.45) is 1.12. The van der Waals surface area contributed by atoms with Gasteiger partial charge in [0.05, 0.1) is 25.2 Å². The van der Waals surface area contributed by atoms with Gasteiger partial charge in [-0.2, -0.15) is 0 Å². The van der Waals surface area contributed by atoms with Gasteiger partial charge in [0, 0.05) is 18.3 Å². The molecule has 0 aliphatic carbocycles. The van der Waals surface area contributed by atoms with Crippen LogP contribution in [-0.4, -0.2) is 44.5 Å². The fraction of sp³-hybridized carbons (Fsp3) is 0.348. The van der Waals surface area contributed by atoms with Crippen molar-refractivity contribution < 1.29 is 28.6 Å². The van der Waals surface area contributed by atoms with Gasteiger partial charge in [-0.1, -0.05) is 6.92 Å². The Morgan fingerprint density at radius 3 is 2.50 bits per heavy atom. The Morgan fingerprint density at radius 2 is 1.77 bits per heavy atom. The molecule has 1 amide bonds. The smallest absolute Gasteiger partial charge is 0.338 e. The molecule has 0 saturated carbocycles. The van der Waals surface area contributed by atoms with Crippen molar-refractivity contribution in [2.75, 3.05) is 31.8 Å². The first-order valence-electron chi connectivity index (χ1n) is 9.94. The van der Waals surface area contributed by atoms with Crippen molar-refractivity contribution in [3.8, 4) is 11.5 Å². The molecule has 0 unspecified atom stereocenters. The number of rotatable bonds is 9. The quantitative estimate of drug-likeness (QED) is 0.464. The second kappa shape index (κ2) is 9.43. The Labute approximate surface area is 175 Å². The van der Waals surface area contributed by atoms with Crippen molar-refractivity contribution in [1.82, 2.24) is 0 Å². The summed E-state index contributed by atoms with van der Waals surface area (Å²) in [5.41, 5.74) is 2.27. The molecule has 0 fully saturated rings. The molecule has 0 bridgehead atoms. The molecule has 0 radical (unpaired) electrons. The van der Waals surface area contributed by atoms with Crippen molar-refractivity contribution >= 4 is 23.3 Å². The summed E-state index contributed by atoms with van der Waals surface area (Å²) in [4.78, 5) is 38.2. The number of nitrogens with zero attached hydrogens (tertiary/aromatic N) is 1. The van der Waals surface area contributed by atoms with Gasteiger partial charge in [0.1, 0.15) is 0 Å². The fourth-order valence-electron chi connectivity index (χ4n) is 3.18. The predicted molar refractivity (Wildman–Crippen MR) is 112 cm³/mol. The van der Waals surface area contributed by atoms with E-state index in [2.05, 4.69) is 0 Å². The van der Waals surface area contributed by atoms with Gasteiger partial charge >= 0.3 is 5.97 Å². The first-order valence-corrected chi connectivity index (χ1v) is 9.94. The van der Waals surface area contributed by atoms with Crippen LogP contribution in [0.15, 0.2) is 36.4 Å². The third kappa shape index (κ3) is 4.62. The molecule has 3 rings (SSSR count). The van der Waals surface area contributed by atoms with Crippen LogP contribution >= 0.6 is 0 Å². The van der Waals surface area contributed by atoms with E-state index < -0.39 is 5.97 Å². The maximum atomic E-state index is 12.5. The third-order valence-electron chi connectivity index (χ3n) is 4.75. The van der Waals surface area contributed by atoms with Crippen LogP contribution in [0.1, 0.15) is 46.5 Å². The number of amides is 1. The van der Waals surface area contributed by atoms with Gasteiger partial charge in [-0.15, -0.1) is 0 Å². The second-order valence-electron chi connectivity index (χ2n) is 6.92. The van der Waals surface area contributed by atoms with E-state index in [-0.39, 0.29) is 30.3 Å². The standard InChI is InChI=1S/C23H25NO6/c1-4-10-29-20-9-7-16(12-21(20)28-5-2)23(27)30-14-19(25)15-6-8-18-17(11-15)13-22(26)24(18)3/h6-9,11-12H,4-5,10,13-14H2,1-3H3. The van der Waals surface area contributed by atoms with Crippen LogP contribution in [0.4, 0.5) is 5.69 Å². The number of hydrogen-bond donors (Lipinski definition) is 0. The topological polar surface area (TPSA) is 82.1 Å². The van der Waals surface area contributed by atoms with Crippen molar-refractivity contribution in [2.45, 2.75) is 26.7 Å². The second-order valence-corrected chi connectivity index (χ2v) is 6.92. The van der Waals surface area contributed by atoms with E-state index in [0.717, 1.165) is 17.7 Å². The van der Waals surface area contributed by atoms with Crippen molar-refractivity contribution in [3.05, 3.63) is 53.1 Å². The van der Waals surface area contributed by atoms with E-state index in [1.54, 1.807) is 48.3 Å². The molecule has 0 atom stereocenters. The maximum Gasteiger partial charge on any atom is 0.338 e. The Bertz CT molecular complexity index is 968. The molecule has 1 aliphatic rings. The highest BCUT2D eigenvalue weighted by Crippen LogP contribution is 2.30. The summed E-state index contributed by atoms with van der Waals surface area (Å²) in [6.45, 7) is 4.42. The average Bonchev–Trinajstić information content (AvgIpc) is 3.04. The van der Waals surface area contributed by atoms with E-state index >= 15 is 0 Å². The van der Waals surface area contributed by atoms with E-state index in [4.69, 9.17) is 14.2 Å². The zero-order valence-electron chi connectivity index (χ0n) is 17.4. The van der Waals surface area contributed by atoms with Gasteiger partial charge in [0.15, 0.2) is 23.9 Å². The van der Waals surface area contributed by atoms with E-state index in [9.17, 15) is 14.4 Å². The molecule has 1 heterocycles. The molecular weight excluding hydrogens is 386 g/mol. The van der Waals surface area contributed by atoms with Crippen molar-refractivity contribution in [1.29, 1.82) is 0 Å². The number of likely N-dealkylation sites (N-methyl/N-ethyl adjacent to an activating group) is 1. The zero-order chi connectivity index (χ0) is 21.7. The highest BCUT2D eigenvalue weighted by molar-refractivity contribution is 6.04. The molecule has 158 valence electrons. The lowest BCUT2D eigenvalue weighted by Gasteiger charge is -2.13. The first-order chi connectivity index (χ1) is 14.4. The number of carbonyl (C=O) groups is 3. The van der Waals surface area contributed by atoms with Gasteiger partial charge in [-0.05, 0) is 55.3 Å². The molecule has 2 aromatic carbocycles. The highest BCUT2D eigenvalue weighted by Gasteiger charge is 2.25. The predicted octanol–water partition coefficient (Wildman–Crippen LogP) is 3.43. The van der Waals surface area contributed by atoms with Gasteiger partial charge in [-0.25, -0.2) is 4.79 Å². The molecular formula is C23H25NO6. The monoisotopic (exact) mass is 411 g/mol. The Hall–Kier alpha value is -3.35. The molecule has 2 aromatic rings. The summed E-state index contributed by atoms with van der Waals surface area (Å²) in [7, 11) is 1.70. The summed E-state index contributed by atoms with van der Waals surface area (Å²) < 4.78 is 16.4. The lowest BCUT2D eigenvalue weighted by atomic mass is 10.1. The van der Waals surface area contributed by atoms with Gasteiger partial charge in [-0.3, -0.25) is 9.59 Å². The molecule has 30 heavy (non-hydrogen) atoms. The maximum absolute atomic E-state index is 12.5. The highest BCUT2D eigenvalue weighted by atomic mass is 16.5. The number of fused-ring (bicyclic) bond motifs is 1. The van der Waals surface area contributed by atoms with E-state index in [1.807, 2.05) is 13.8 Å². The minimum absolute atomic E-state index is 0.0162. The largest absolute Gasteiger partial charge is 0.490 e. The van der Waals surface area contributed by atoms with Gasteiger partial charge < -0.3 is 19.1 Å². The Kier molecular flexibility index (Phi) is 6.72. The molecule has 7 heteroatoms. The minimum Gasteiger partial charge on any atom is -0.490 e. The van der Waals surface area contributed by atoms with E-state index in [1.165, 1.54) is 0 Å². The van der Waals surface area contributed by atoms with Gasteiger partial charge in [0.25, 0.3) is 0 Å². The van der Waals surface area contributed by atoms with Crippen LogP contribution in [0, 0.1) is 0 Å². The fourth-order valence-corrected chi connectivity index (χ4v) is 3.18. The lowest BCUT2D eigenvalue weighted by Crippen LogP contribution is -2.20. The number of hydrogen-bond acceptors (Lipinski definition) is 6. The molecule has 0 N–H and O–H groups in total. The van der Waals surface area contributed by atoms with Crippen LogP contribution in [0.5, 0.6) is 11.5 Å². The molecule has 0 saturated heterocycles. The number of esters is 1. The summed E-state index contributed by atoms with van der Waals surface area (Å²) in [5, 5.41) is 0. The summed E-state index contributed by atoms with van der Waals surface area (Å²) in [5.74, 6) is 0.0455. The number of benzene rings is 2. The molecule has 0 spiro atoms. The third-order valence-corrected chi connectivity index (χ3v) is 4.75. The lowest BCUT2D eigenvalue weighted by molar-refractivity contribution is -0.117. The van der Waals surface area contributed by atoms with Crippen LogP contribution in [0.3, 0.4) is 0 Å². The normalized spacial score (nSPS) is 12.5. The Morgan fingerprint density at radius 1 is 1.00 bits per heavy atom. The number of anilines is 1. The number of ketones is 1. The molecule has 0 aromatic heterocycles. The average molecular weight is 411 g/mol. The number of ether oxygens (including phenoxy) is 3. The SMILES string of the molecule is CCCOc1ccc(C(=O)OCC(=O)c2ccc3c(c2)CC(=O)N3C)cc1OCC. The molecule has 1 aliphatic heterocycles. The van der Waals surface area contributed by atoms with Crippen LogP contribution in [-0.2, 0) is 16.0 Å². The summed E-state index contributed by atoms with van der Waals surface area (Å²) in [6, 6.07) is 9.85. The van der Waals surface area contributed by atoms with Crippen LogP contribution in [0.2, 0.25) is 0 Å². The van der Waals surface area contributed by atoms with Crippen molar-refractivity contribution in [3.63, 3.8) is 0 Å². The van der Waals surface area contributed by atoms with Crippen molar-refractivity contribution in [2.24, 2.45) is 0 Å².